The van der Waals surface area contributed by atoms with Crippen LogP contribution in [0.1, 0.15) is 39.5 Å². The Kier molecular flexibility index (Phi) is 2.61. The lowest BCUT2D eigenvalue weighted by Crippen LogP contribution is -2.54. The lowest BCUT2D eigenvalue weighted by Gasteiger charge is -2.44. The number of rotatable bonds is 0. The van der Waals surface area contributed by atoms with Gasteiger partial charge in [-0.2, -0.15) is 0 Å². The molecule has 1 unspecified atom stereocenters. The number of nitrogens with one attached hydrogen (secondary N) is 1. The molecule has 0 aromatic rings. The first-order valence-electron chi connectivity index (χ1n) is 5.68. The Labute approximate surface area is 81.7 Å². The third kappa shape index (κ3) is 1.89. The van der Waals surface area contributed by atoms with Crippen molar-refractivity contribution < 1.29 is 0 Å². The van der Waals surface area contributed by atoms with Crippen LogP contribution in [0.5, 0.6) is 0 Å². The first-order chi connectivity index (χ1) is 6.20. The summed E-state index contributed by atoms with van der Waals surface area (Å²) >= 11 is 0. The van der Waals surface area contributed by atoms with Gasteiger partial charge in [-0.25, -0.2) is 0 Å². The molecule has 0 bridgehead atoms. The van der Waals surface area contributed by atoms with Crippen molar-refractivity contribution in [2.45, 2.75) is 51.1 Å². The van der Waals surface area contributed by atoms with E-state index in [0.717, 1.165) is 12.6 Å². The maximum atomic E-state index is 3.55. The lowest BCUT2D eigenvalue weighted by molar-refractivity contribution is 0.0515. The molecule has 2 heterocycles. The molecule has 2 saturated heterocycles. The van der Waals surface area contributed by atoms with Gasteiger partial charge in [-0.1, -0.05) is 6.42 Å². The molecule has 2 heteroatoms. The van der Waals surface area contributed by atoms with E-state index in [0.29, 0.717) is 5.54 Å². The molecule has 0 radical (unpaired) electrons. The maximum absolute atomic E-state index is 3.55. The number of nitrogens with zero attached hydrogens (tertiary/aromatic N) is 1. The van der Waals surface area contributed by atoms with Crippen LogP contribution in [0.4, 0.5) is 0 Å². The van der Waals surface area contributed by atoms with Crippen molar-refractivity contribution in [1.29, 1.82) is 0 Å². The molecule has 76 valence electrons. The second-order valence-electron chi connectivity index (χ2n) is 5.12. The van der Waals surface area contributed by atoms with E-state index < -0.39 is 0 Å². The molecule has 0 aromatic heterocycles. The number of hydrogen-bond acceptors (Lipinski definition) is 2. The van der Waals surface area contributed by atoms with Crippen LogP contribution >= 0.6 is 0 Å². The Bertz CT molecular complexity index is 177. The van der Waals surface area contributed by atoms with Gasteiger partial charge < -0.3 is 5.32 Å². The predicted molar refractivity (Wildman–Crippen MR) is 55.9 cm³/mol. The first kappa shape index (κ1) is 9.47. The van der Waals surface area contributed by atoms with Crippen LogP contribution in [0.25, 0.3) is 0 Å². The van der Waals surface area contributed by atoms with Crippen LogP contribution in [0.15, 0.2) is 0 Å². The summed E-state index contributed by atoms with van der Waals surface area (Å²) in [6.07, 6.45) is 5.62. The van der Waals surface area contributed by atoms with Crippen molar-refractivity contribution in [2.24, 2.45) is 0 Å². The quantitative estimate of drug-likeness (QED) is 0.612. The second kappa shape index (κ2) is 3.58. The highest BCUT2D eigenvalue weighted by atomic mass is 15.3. The van der Waals surface area contributed by atoms with E-state index in [2.05, 4.69) is 24.1 Å². The summed E-state index contributed by atoms with van der Waals surface area (Å²) in [5.74, 6) is 0. The van der Waals surface area contributed by atoms with E-state index in [1.54, 1.807) is 0 Å². The highest BCUT2D eigenvalue weighted by Gasteiger charge is 2.35. The molecule has 0 saturated carbocycles. The minimum atomic E-state index is 0.377. The highest BCUT2D eigenvalue weighted by Crippen LogP contribution is 2.28. The topological polar surface area (TPSA) is 15.3 Å². The zero-order valence-corrected chi connectivity index (χ0v) is 8.97. The van der Waals surface area contributed by atoms with Gasteiger partial charge in [0.1, 0.15) is 0 Å². The monoisotopic (exact) mass is 182 g/mol. The van der Waals surface area contributed by atoms with Gasteiger partial charge in [-0.15, -0.1) is 0 Å². The Balaban J connectivity index is 2.12. The molecule has 0 aliphatic carbocycles. The van der Waals surface area contributed by atoms with Crippen LogP contribution < -0.4 is 5.32 Å². The van der Waals surface area contributed by atoms with E-state index in [9.17, 15) is 0 Å². The molecular formula is C11H22N2. The molecule has 1 atom stereocenters. The maximum Gasteiger partial charge on any atom is 0.0280 e. The minimum absolute atomic E-state index is 0.377. The van der Waals surface area contributed by atoms with E-state index in [1.165, 1.54) is 38.8 Å². The molecule has 0 amide bonds. The standard InChI is InChI=1S/C11H22N2/c1-11(2)9-12-7-6-10-5-3-4-8-13(10)11/h10,12H,3-9H2,1-2H3. The first-order valence-corrected chi connectivity index (χ1v) is 5.68. The van der Waals surface area contributed by atoms with E-state index in [-0.39, 0.29) is 0 Å². The van der Waals surface area contributed by atoms with Gasteiger partial charge in [0.2, 0.25) is 0 Å². The molecular weight excluding hydrogens is 160 g/mol. The van der Waals surface area contributed by atoms with Gasteiger partial charge in [0.25, 0.3) is 0 Å². The molecule has 0 spiro atoms. The fourth-order valence-corrected chi connectivity index (χ4v) is 2.86. The zero-order valence-electron chi connectivity index (χ0n) is 8.97. The summed E-state index contributed by atoms with van der Waals surface area (Å²) in [5.41, 5.74) is 0.377. The molecule has 1 N–H and O–H groups in total. The molecule has 0 aromatic carbocycles. The average molecular weight is 182 g/mol. The largest absolute Gasteiger partial charge is 0.315 e. The van der Waals surface area contributed by atoms with Crippen molar-refractivity contribution in [3.8, 4) is 0 Å². The van der Waals surface area contributed by atoms with E-state index in [4.69, 9.17) is 0 Å². The molecule has 2 rings (SSSR count). The van der Waals surface area contributed by atoms with Crippen molar-refractivity contribution >= 4 is 0 Å². The summed E-state index contributed by atoms with van der Waals surface area (Å²) in [6.45, 7) is 8.45. The van der Waals surface area contributed by atoms with Gasteiger partial charge in [-0.3, -0.25) is 4.90 Å². The summed E-state index contributed by atoms with van der Waals surface area (Å²) in [7, 11) is 0. The van der Waals surface area contributed by atoms with Crippen LogP contribution in [0.2, 0.25) is 0 Å². The highest BCUT2D eigenvalue weighted by molar-refractivity contribution is 4.93. The summed E-state index contributed by atoms with van der Waals surface area (Å²) < 4.78 is 0. The SMILES string of the molecule is CC1(C)CNCCC2CCCCN21. The number of fused-ring (bicyclic) bond motifs is 1. The fourth-order valence-electron chi connectivity index (χ4n) is 2.86. The normalized spacial score (nSPS) is 35.1. The number of piperidine rings is 1. The molecule has 2 aliphatic heterocycles. The second-order valence-corrected chi connectivity index (χ2v) is 5.12. The van der Waals surface area contributed by atoms with Crippen molar-refractivity contribution in [3.05, 3.63) is 0 Å². The van der Waals surface area contributed by atoms with Gasteiger partial charge in [0, 0.05) is 18.1 Å². The zero-order chi connectivity index (χ0) is 9.31. The van der Waals surface area contributed by atoms with E-state index in [1.807, 2.05) is 0 Å². The van der Waals surface area contributed by atoms with Crippen LogP contribution in [-0.2, 0) is 0 Å². The Morgan fingerprint density at radius 2 is 2.08 bits per heavy atom. The van der Waals surface area contributed by atoms with Crippen molar-refractivity contribution in [2.75, 3.05) is 19.6 Å². The predicted octanol–water partition coefficient (Wildman–Crippen LogP) is 1.61. The lowest BCUT2D eigenvalue weighted by atomic mass is 9.93. The van der Waals surface area contributed by atoms with Crippen molar-refractivity contribution in [1.82, 2.24) is 10.2 Å². The molecule has 13 heavy (non-hydrogen) atoms. The summed E-state index contributed by atoms with van der Waals surface area (Å²) in [5, 5.41) is 3.55. The molecule has 2 aliphatic rings. The van der Waals surface area contributed by atoms with Crippen LogP contribution in [0, 0.1) is 0 Å². The Morgan fingerprint density at radius 1 is 1.23 bits per heavy atom. The summed E-state index contributed by atoms with van der Waals surface area (Å²) in [6, 6.07) is 0.860. The minimum Gasteiger partial charge on any atom is -0.315 e. The van der Waals surface area contributed by atoms with Crippen molar-refractivity contribution in [3.63, 3.8) is 0 Å². The van der Waals surface area contributed by atoms with Gasteiger partial charge in [-0.05, 0) is 46.2 Å². The van der Waals surface area contributed by atoms with E-state index >= 15 is 0 Å². The van der Waals surface area contributed by atoms with Gasteiger partial charge in [0.15, 0.2) is 0 Å². The number of hydrogen-bond donors (Lipinski definition) is 1. The molecule has 2 fully saturated rings. The molecule has 2 nitrogen and oxygen atoms in total. The van der Waals surface area contributed by atoms with Gasteiger partial charge >= 0.3 is 0 Å². The van der Waals surface area contributed by atoms with Crippen LogP contribution in [-0.4, -0.2) is 36.1 Å². The average Bonchev–Trinajstić information content (AvgIpc) is 2.26. The summed E-state index contributed by atoms with van der Waals surface area (Å²) in [4.78, 5) is 2.73. The third-order valence-electron chi connectivity index (χ3n) is 3.62. The Hall–Kier alpha value is -0.0800. The smallest absolute Gasteiger partial charge is 0.0280 e. The Morgan fingerprint density at radius 3 is 2.92 bits per heavy atom. The third-order valence-corrected chi connectivity index (χ3v) is 3.62. The van der Waals surface area contributed by atoms with Gasteiger partial charge in [0.05, 0.1) is 0 Å². The fraction of sp³-hybridized carbons (Fsp3) is 1.00. The van der Waals surface area contributed by atoms with Crippen LogP contribution in [0.3, 0.4) is 0 Å².